The van der Waals surface area contributed by atoms with Gasteiger partial charge in [-0.25, -0.2) is 0 Å². The van der Waals surface area contributed by atoms with Crippen molar-refractivity contribution in [2.24, 2.45) is 0 Å². The fourth-order valence-electron chi connectivity index (χ4n) is 2.15. The summed E-state index contributed by atoms with van der Waals surface area (Å²) < 4.78 is 5.01. The first-order valence-corrected chi connectivity index (χ1v) is 12.0. The molecule has 0 aromatic carbocycles. The van der Waals surface area contributed by atoms with Gasteiger partial charge in [0.05, 0.1) is 7.11 Å². The van der Waals surface area contributed by atoms with Crippen molar-refractivity contribution in [2.75, 3.05) is 47.7 Å². The molecule has 2 aromatic rings. The highest BCUT2D eigenvalue weighted by Gasteiger charge is 2.13. The van der Waals surface area contributed by atoms with Gasteiger partial charge in [0.25, 0.3) is 0 Å². The van der Waals surface area contributed by atoms with Crippen LogP contribution in [-0.4, -0.2) is 67.9 Å². The minimum absolute atomic E-state index is 0.0550. The molecule has 2 aromatic heterocycles. The van der Waals surface area contributed by atoms with E-state index in [1.165, 1.54) is 18.9 Å². The Balaban J connectivity index is 0.000000320. The van der Waals surface area contributed by atoms with Crippen molar-refractivity contribution >= 4 is 35.6 Å². The Morgan fingerprint density at radius 3 is 1.88 bits per heavy atom. The number of rotatable bonds is 10. The molecular formula is C20H38N10OS. The van der Waals surface area contributed by atoms with E-state index in [4.69, 9.17) is 4.74 Å². The van der Waals surface area contributed by atoms with Gasteiger partial charge in [-0.2, -0.15) is 29.9 Å². The molecule has 1 unspecified atom stereocenters. The molecule has 0 aliphatic carbocycles. The van der Waals surface area contributed by atoms with Gasteiger partial charge in [0.2, 0.25) is 23.8 Å². The van der Waals surface area contributed by atoms with E-state index in [0.717, 1.165) is 24.7 Å². The molecule has 4 N–H and O–H groups in total. The van der Waals surface area contributed by atoms with Crippen LogP contribution in [-0.2, 0) is 0 Å². The highest BCUT2D eigenvalue weighted by Crippen LogP contribution is 2.16. The molecule has 0 saturated carbocycles. The number of ether oxygens (including phenoxy) is 1. The second-order valence-electron chi connectivity index (χ2n) is 7.83. The molecule has 1 atom stereocenters. The number of aromatic nitrogens is 6. The zero-order chi connectivity index (χ0) is 24.1. The zero-order valence-electron chi connectivity index (χ0n) is 20.7. The minimum Gasteiger partial charge on any atom is -0.467 e. The molecule has 2 heterocycles. The highest BCUT2D eigenvalue weighted by molar-refractivity contribution is 7.98. The monoisotopic (exact) mass is 466 g/mol. The summed E-state index contributed by atoms with van der Waals surface area (Å²) >= 11 is 1.51. The van der Waals surface area contributed by atoms with Crippen molar-refractivity contribution in [3.63, 3.8) is 0 Å². The average Bonchev–Trinajstić information content (AvgIpc) is 2.73. The molecule has 12 heteroatoms. The van der Waals surface area contributed by atoms with E-state index in [-0.39, 0.29) is 5.54 Å². The maximum atomic E-state index is 5.01. The number of hydrogen-bond donors (Lipinski definition) is 4. The SMILES string of the molecule is CCNc1nc(NC(C)(C)C)nc(SC)n1.CCNc1nc(NC(C)CC)nc(OC)n1. The maximum absolute atomic E-state index is 5.01. The fraction of sp³-hybridized carbons (Fsp3) is 0.700. The lowest BCUT2D eigenvalue weighted by atomic mass is 10.1. The summed E-state index contributed by atoms with van der Waals surface area (Å²) in [5, 5.41) is 13.3. The molecule has 0 aliphatic heterocycles. The van der Waals surface area contributed by atoms with Gasteiger partial charge >= 0.3 is 6.01 Å². The molecule has 0 fully saturated rings. The van der Waals surface area contributed by atoms with Crippen molar-refractivity contribution < 1.29 is 4.74 Å². The van der Waals surface area contributed by atoms with Gasteiger partial charge in [-0.15, -0.1) is 0 Å². The van der Waals surface area contributed by atoms with E-state index in [2.05, 4.69) is 85.8 Å². The second-order valence-corrected chi connectivity index (χ2v) is 8.60. The van der Waals surface area contributed by atoms with Crippen LogP contribution in [0.1, 0.15) is 54.9 Å². The number of anilines is 4. The van der Waals surface area contributed by atoms with Crippen molar-refractivity contribution in [1.82, 2.24) is 29.9 Å². The summed E-state index contributed by atoms with van der Waals surface area (Å²) in [6.07, 6.45) is 2.95. The third kappa shape index (κ3) is 10.6. The van der Waals surface area contributed by atoms with Crippen LogP contribution < -0.4 is 26.0 Å². The number of hydrogen-bond acceptors (Lipinski definition) is 12. The summed E-state index contributed by atoms with van der Waals surface area (Å²) in [6.45, 7) is 15.9. The van der Waals surface area contributed by atoms with E-state index in [9.17, 15) is 0 Å². The predicted octanol–water partition coefficient (Wildman–Crippen LogP) is 3.76. The normalized spacial score (nSPS) is 11.7. The predicted molar refractivity (Wildman–Crippen MR) is 133 cm³/mol. The number of nitrogens with one attached hydrogen (secondary N) is 4. The zero-order valence-corrected chi connectivity index (χ0v) is 21.5. The van der Waals surface area contributed by atoms with Gasteiger partial charge in [0.1, 0.15) is 0 Å². The Hall–Kier alpha value is -2.63. The van der Waals surface area contributed by atoms with E-state index in [0.29, 0.717) is 35.8 Å². The summed E-state index contributed by atoms with van der Waals surface area (Å²) in [4.78, 5) is 25.3. The van der Waals surface area contributed by atoms with Crippen molar-refractivity contribution in [3.05, 3.63) is 0 Å². The lowest BCUT2D eigenvalue weighted by Gasteiger charge is -2.20. The summed E-state index contributed by atoms with van der Waals surface area (Å²) in [5.74, 6) is 2.30. The molecule has 0 saturated heterocycles. The lowest BCUT2D eigenvalue weighted by Crippen LogP contribution is -2.27. The molecule has 180 valence electrons. The van der Waals surface area contributed by atoms with Gasteiger partial charge in [0.15, 0.2) is 5.16 Å². The first-order chi connectivity index (χ1) is 15.1. The van der Waals surface area contributed by atoms with Crippen LogP contribution in [0.4, 0.5) is 23.8 Å². The van der Waals surface area contributed by atoms with Crippen LogP contribution in [0, 0.1) is 0 Å². The fourth-order valence-corrected chi connectivity index (χ4v) is 2.50. The van der Waals surface area contributed by atoms with Crippen molar-refractivity contribution in [1.29, 1.82) is 0 Å². The number of nitrogens with zero attached hydrogens (tertiary/aromatic N) is 6. The molecule has 0 aliphatic rings. The summed E-state index contributed by atoms with van der Waals surface area (Å²) in [7, 11) is 1.54. The Bertz CT molecular complexity index is 815. The van der Waals surface area contributed by atoms with Crippen LogP contribution in [0.25, 0.3) is 0 Å². The van der Waals surface area contributed by atoms with E-state index < -0.39 is 0 Å². The summed E-state index contributed by atoms with van der Waals surface area (Å²) in [6, 6.07) is 0.637. The second kappa shape index (κ2) is 13.7. The molecule has 2 rings (SSSR count). The van der Waals surface area contributed by atoms with Crippen LogP contribution in [0.15, 0.2) is 5.16 Å². The number of methoxy groups -OCH3 is 1. The minimum atomic E-state index is -0.0550. The lowest BCUT2D eigenvalue weighted by molar-refractivity contribution is 0.379. The van der Waals surface area contributed by atoms with Gasteiger partial charge in [0, 0.05) is 24.7 Å². The Kier molecular flexibility index (Phi) is 11.7. The third-order valence-corrected chi connectivity index (χ3v) is 4.29. The molecule has 0 amide bonds. The smallest absolute Gasteiger partial charge is 0.322 e. The average molecular weight is 467 g/mol. The Labute approximate surface area is 195 Å². The maximum Gasteiger partial charge on any atom is 0.322 e. The first kappa shape index (κ1) is 27.4. The first-order valence-electron chi connectivity index (χ1n) is 10.8. The van der Waals surface area contributed by atoms with Crippen molar-refractivity contribution in [2.45, 2.75) is 71.6 Å². The topological polar surface area (TPSA) is 135 Å². The van der Waals surface area contributed by atoms with Crippen LogP contribution >= 0.6 is 11.8 Å². The van der Waals surface area contributed by atoms with Crippen LogP contribution in [0.3, 0.4) is 0 Å². The molecule has 0 spiro atoms. The molecular weight excluding hydrogens is 428 g/mol. The largest absolute Gasteiger partial charge is 0.467 e. The molecule has 0 radical (unpaired) electrons. The van der Waals surface area contributed by atoms with Gasteiger partial charge in [-0.3, -0.25) is 0 Å². The molecule has 0 bridgehead atoms. The quantitative estimate of drug-likeness (QED) is 0.380. The van der Waals surface area contributed by atoms with E-state index in [1.54, 1.807) is 0 Å². The van der Waals surface area contributed by atoms with Crippen LogP contribution in [0.2, 0.25) is 0 Å². The van der Waals surface area contributed by atoms with Crippen LogP contribution in [0.5, 0.6) is 6.01 Å². The standard InChI is InChI=1S/C10H19N5O.C10H19N5S/c1-5-7(3)12-9-13-8(11-6-2)14-10(15-9)16-4;1-6-11-7-12-8(15-10(2,3)4)14-9(13-7)16-5/h7H,5-6H2,1-4H3,(H2,11,12,13,14,15);6H2,1-5H3,(H2,11,12,13,14,15). The number of thioether (sulfide) groups is 1. The van der Waals surface area contributed by atoms with Crippen molar-refractivity contribution in [3.8, 4) is 6.01 Å². The highest BCUT2D eigenvalue weighted by atomic mass is 32.2. The van der Waals surface area contributed by atoms with E-state index >= 15 is 0 Å². The molecule has 32 heavy (non-hydrogen) atoms. The summed E-state index contributed by atoms with van der Waals surface area (Å²) in [5.41, 5.74) is -0.0550. The van der Waals surface area contributed by atoms with Gasteiger partial charge < -0.3 is 26.0 Å². The Morgan fingerprint density at radius 1 is 0.844 bits per heavy atom. The third-order valence-electron chi connectivity index (χ3n) is 3.74. The van der Waals surface area contributed by atoms with Gasteiger partial charge in [-0.05, 0) is 54.2 Å². The van der Waals surface area contributed by atoms with E-state index in [1.807, 2.05) is 20.1 Å². The Morgan fingerprint density at radius 2 is 1.38 bits per heavy atom. The molecule has 11 nitrogen and oxygen atoms in total. The van der Waals surface area contributed by atoms with Gasteiger partial charge in [-0.1, -0.05) is 18.7 Å².